The molecule has 1 fully saturated rings. The molecule has 0 atom stereocenters. The summed E-state index contributed by atoms with van der Waals surface area (Å²) >= 11 is 0. The van der Waals surface area contributed by atoms with Gasteiger partial charge in [-0.15, -0.1) is 0 Å². The molecule has 0 aromatic rings. The van der Waals surface area contributed by atoms with Crippen molar-refractivity contribution in [1.82, 2.24) is 4.90 Å². The molecule has 6 heteroatoms. The van der Waals surface area contributed by atoms with Crippen molar-refractivity contribution in [2.45, 2.75) is 193 Å². The molecule has 0 aromatic heterocycles. The second kappa shape index (κ2) is 30.5. The summed E-state index contributed by atoms with van der Waals surface area (Å²) in [6.07, 6.45) is 32.0. The van der Waals surface area contributed by atoms with Gasteiger partial charge in [0.1, 0.15) is 6.10 Å². The topological polar surface area (TPSA) is 82.9 Å². The Morgan fingerprint density at radius 2 is 1.18 bits per heavy atom. The van der Waals surface area contributed by atoms with E-state index in [2.05, 4.69) is 18.7 Å². The molecule has 6 nitrogen and oxygen atoms in total. The average molecular weight is 623 g/mol. The molecule has 2 N–H and O–H groups in total. The molecule has 0 amide bonds. The largest absolute Gasteiger partial charge is 0.478 e. The fourth-order valence-electron chi connectivity index (χ4n) is 6.56. The number of esters is 1. The van der Waals surface area contributed by atoms with E-state index in [9.17, 15) is 9.90 Å². The number of hydrogen-bond donors (Lipinski definition) is 2. The van der Waals surface area contributed by atoms with Crippen LogP contribution in [0.25, 0.3) is 0 Å². The maximum absolute atomic E-state index is 11.9. The van der Waals surface area contributed by atoms with Gasteiger partial charge < -0.3 is 19.5 Å². The number of carbonyl (C=O) groups excluding carboxylic acids is 1. The van der Waals surface area contributed by atoms with Gasteiger partial charge in [-0.05, 0) is 76.8 Å². The summed E-state index contributed by atoms with van der Waals surface area (Å²) in [6.45, 7) is 8.21. The van der Waals surface area contributed by atoms with Crippen molar-refractivity contribution in [3.8, 4) is 0 Å². The van der Waals surface area contributed by atoms with E-state index in [0.29, 0.717) is 18.9 Å². The molecule has 0 unspecified atom stereocenters. The van der Waals surface area contributed by atoms with Gasteiger partial charge in [0.15, 0.2) is 5.90 Å². The molecular formula is C38H74N2O4. The molecule has 0 saturated heterocycles. The van der Waals surface area contributed by atoms with Crippen LogP contribution < -0.4 is 0 Å². The first-order valence-electron chi connectivity index (χ1n) is 19.3. The summed E-state index contributed by atoms with van der Waals surface area (Å²) in [5, 5.41) is 17.7. The summed E-state index contributed by atoms with van der Waals surface area (Å²) < 4.78 is 11.4. The summed E-state index contributed by atoms with van der Waals surface area (Å²) in [4.78, 5) is 14.3. The van der Waals surface area contributed by atoms with E-state index in [0.717, 1.165) is 83.3 Å². The van der Waals surface area contributed by atoms with Gasteiger partial charge in [-0.2, -0.15) is 0 Å². The van der Waals surface area contributed by atoms with Crippen LogP contribution in [0.15, 0.2) is 0 Å². The fourth-order valence-corrected chi connectivity index (χ4v) is 6.56. The summed E-state index contributed by atoms with van der Waals surface area (Å²) in [5.41, 5.74) is 0. The number of nitrogens with zero attached hydrogens (tertiary/aromatic N) is 1. The second-order valence-corrected chi connectivity index (χ2v) is 13.6. The van der Waals surface area contributed by atoms with Crippen LogP contribution >= 0.6 is 0 Å². The molecule has 0 bridgehead atoms. The summed E-state index contributed by atoms with van der Waals surface area (Å²) in [5.74, 6) is 1.37. The summed E-state index contributed by atoms with van der Waals surface area (Å²) in [6, 6.07) is 0. The molecule has 0 radical (unpaired) electrons. The fraction of sp³-hybridized carbons (Fsp3) is 0.947. The van der Waals surface area contributed by atoms with Gasteiger partial charge in [0.05, 0.1) is 13.2 Å². The number of aliphatic hydroxyl groups excluding tert-OH is 1. The zero-order chi connectivity index (χ0) is 31.9. The third-order valence-electron chi connectivity index (χ3n) is 9.48. The predicted molar refractivity (Wildman–Crippen MR) is 187 cm³/mol. The number of rotatable bonds is 31. The minimum atomic E-state index is -0.0257. The lowest BCUT2D eigenvalue weighted by atomic mass is 9.84. The standard InChI is InChI=1S/C38H74N2O4/c1-3-5-7-8-9-16-22-34-43-38(42)25-19-13-11-15-21-31-40(32-33-41)30-20-14-10-12-18-24-37(39)44-36-28-26-35(27-29-36)23-17-6-4-2/h35-36,39,41H,3-34H2,1-2H3. The molecule has 1 saturated carbocycles. The Bertz CT molecular complexity index is 651. The highest BCUT2D eigenvalue weighted by atomic mass is 16.5. The van der Waals surface area contributed by atoms with Gasteiger partial charge in [0.25, 0.3) is 0 Å². The lowest BCUT2D eigenvalue weighted by Crippen LogP contribution is -2.29. The van der Waals surface area contributed by atoms with Crippen LogP contribution in [0.3, 0.4) is 0 Å². The molecule has 0 aromatic carbocycles. The Balaban J connectivity index is 1.93. The van der Waals surface area contributed by atoms with Crippen molar-refractivity contribution >= 4 is 11.9 Å². The first-order valence-corrected chi connectivity index (χ1v) is 19.3. The van der Waals surface area contributed by atoms with Crippen molar-refractivity contribution in [2.75, 3.05) is 32.8 Å². The Kier molecular flexibility index (Phi) is 28.3. The lowest BCUT2D eigenvalue weighted by molar-refractivity contribution is -0.143. The van der Waals surface area contributed by atoms with Crippen molar-refractivity contribution in [3.05, 3.63) is 0 Å². The number of nitrogens with one attached hydrogen (secondary N) is 1. The van der Waals surface area contributed by atoms with Crippen molar-refractivity contribution < 1.29 is 19.4 Å². The number of aliphatic hydroxyl groups is 1. The third-order valence-corrected chi connectivity index (χ3v) is 9.48. The van der Waals surface area contributed by atoms with Gasteiger partial charge >= 0.3 is 5.97 Å². The predicted octanol–water partition coefficient (Wildman–Crippen LogP) is 10.4. The van der Waals surface area contributed by atoms with Gasteiger partial charge in [-0.3, -0.25) is 10.2 Å². The summed E-state index contributed by atoms with van der Waals surface area (Å²) in [7, 11) is 0. The van der Waals surface area contributed by atoms with Crippen LogP contribution in [0.4, 0.5) is 0 Å². The molecule has 260 valence electrons. The minimum absolute atomic E-state index is 0.0257. The van der Waals surface area contributed by atoms with Crippen molar-refractivity contribution in [1.29, 1.82) is 5.41 Å². The van der Waals surface area contributed by atoms with E-state index in [1.165, 1.54) is 109 Å². The number of hydrogen-bond acceptors (Lipinski definition) is 6. The smallest absolute Gasteiger partial charge is 0.305 e. The van der Waals surface area contributed by atoms with E-state index in [-0.39, 0.29) is 18.7 Å². The van der Waals surface area contributed by atoms with Crippen LogP contribution in [0, 0.1) is 11.3 Å². The van der Waals surface area contributed by atoms with Crippen LogP contribution in [0.2, 0.25) is 0 Å². The number of carbonyl (C=O) groups is 1. The SMILES string of the molecule is CCCCCCCCCOC(=O)CCCCCCCN(CCO)CCCCCCCC(=N)OC1CCC(CCCCC)CC1. The van der Waals surface area contributed by atoms with E-state index in [4.69, 9.17) is 14.9 Å². The van der Waals surface area contributed by atoms with E-state index in [1.54, 1.807) is 0 Å². The molecule has 1 aliphatic carbocycles. The molecule has 0 spiro atoms. The highest BCUT2D eigenvalue weighted by molar-refractivity contribution is 5.72. The van der Waals surface area contributed by atoms with Gasteiger partial charge in [0, 0.05) is 19.4 Å². The highest BCUT2D eigenvalue weighted by Crippen LogP contribution is 2.30. The van der Waals surface area contributed by atoms with E-state index in [1.807, 2.05) is 0 Å². The van der Waals surface area contributed by atoms with Gasteiger partial charge in [-0.25, -0.2) is 0 Å². The molecular weight excluding hydrogens is 548 g/mol. The quantitative estimate of drug-likeness (QED) is 0.0348. The zero-order valence-corrected chi connectivity index (χ0v) is 29.4. The van der Waals surface area contributed by atoms with Crippen LogP contribution in [0.5, 0.6) is 0 Å². The Labute approximate surface area is 273 Å². The monoisotopic (exact) mass is 623 g/mol. The Morgan fingerprint density at radius 3 is 1.80 bits per heavy atom. The van der Waals surface area contributed by atoms with Crippen LogP contribution in [-0.2, 0) is 14.3 Å². The minimum Gasteiger partial charge on any atom is -0.478 e. The molecule has 1 aliphatic rings. The highest BCUT2D eigenvalue weighted by Gasteiger charge is 2.22. The van der Waals surface area contributed by atoms with Crippen LogP contribution in [0.1, 0.15) is 187 Å². The molecule has 0 heterocycles. The van der Waals surface area contributed by atoms with Crippen LogP contribution in [-0.4, -0.2) is 60.8 Å². The normalized spacial score (nSPS) is 16.8. The van der Waals surface area contributed by atoms with Crippen molar-refractivity contribution in [2.24, 2.45) is 5.92 Å². The average Bonchev–Trinajstić information content (AvgIpc) is 3.02. The van der Waals surface area contributed by atoms with Gasteiger partial charge in [0.2, 0.25) is 0 Å². The second-order valence-electron chi connectivity index (χ2n) is 13.6. The first-order chi connectivity index (χ1) is 21.6. The Morgan fingerprint density at radius 1 is 0.659 bits per heavy atom. The lowest BCUT2D eigenvalue weighted by Gasteiger charge is -2.29. The maximum Gasteiger partial charge on any atom is 0.305 e. The maximum atomic E-state index is 11.9. The first kappa shape index (κ1) is 40.9. The van der Waals surface area contributed by atoms with E-state index >= 15 is 0 Å². The van der Waals surface area contributed by atoms with Gasteiger partial charge in [-0.1, -0.05) is 117 Å². The van der Waals surface area contributed by atoms with Crippen molar-refractivity contribution in [3.63, 3.8) is 0 Å². The molecule has 44 heavy (non-hydrogen) atoms. The molecule has 0 aliphatic heterocycles. The Hall–Kier alpha value is -1.14. The molecule has 1 rings (SSSR count). The van der Waals surface area contributed by atoms with E-state index < -0.39 is 0 Å². The number of unbranched alkanes of at least 4 members (excludes halogenated alkanes) is 16. The zero-order valence-electron chi connectivity index (χ0n) is 29.4. The number of ether oxygens (including phenoxy) is 2. The third kappa shape index (κ3) is 25.1.